The quantitative estimate of drug-likeness (QED) is 0.497. The molecule has 0 spiro atoms. The Morgan fingerprint density at radius 1 is 1.56 bits per heavy atom. The molecule has 2 atom stereocenters. The first kappa shape index (κ1) is 6.99. The van der Waals surface area contributed by atoms with Crippen molar-refractivity contribution in [2.24, 2.45) is 11.7 Å². The smallest absolute Gasteiger partial charge is 0.0617 e. The summed E-state index contributed by atoms with van der Waals surface area (Å²) in [7, 11) is 0. The number of hydrogen-bond acceptors (Lipinski definition) is 3. The van der Waals surface area contributed by atoms with Crippen molar-refractivity contribution in [3.63, 3.8) is 0 Å². The molecule has 1 heterocycles. The maximum Gasteiger partial charge on any atom is 0.0617 e. The third-order valence-electron chi connectivity index (χ3n) is 1.58. The highest BCUT2D eigenvalue weighted by atomic mass is 16.5. The first-order valence-electron chi connectivity index (χ1n) is 3.27. The molecule has 3 nitrogen and oxygen atoms in total. The third-order valence-corrected chi connectivity index (χ3v) is 1.58. The second-order valence-electron chi connectivity index (χ2n) is 2.58. The van der Waals surface area contributed by atoms with Crippen molar-refractivity contribution in [1.82, 2.24) is 0 Å². The summed E-state index contributed by atoms with van der Waals surface area (Å²) >= 11 is 0. The van der Waals surface area contributed by atoms with Crippen molar-refractivity contribution in [2.75, 3.05) is 19.8 Å². The zero-order chi connectivity index (χ0) is 6.69. The van der Waals surface area contributed by atoms with Gasteiger partial charge >= 0.3 is 0 Å². The molecule has 3 N–H and O–H groups in total. The maximum atomic E-state index is 8.67. The molecule has 1 fully saturated rings. The molecule has 1 rings (SSSR count). The van der Waals surface area contributed by atoms with Crippen LogP contribution in [0.4, 0.5) is 0 Å². The van der Waals surface area contributed by atoms with Gasteiger partial charge in [-0.05, 0) is 6.42 Å². The molecular weight excluding hydrogens is 118 g/mol. The van der Waals surface area contributed by atoms with Crippen molar-refractivity contribution in [3.8, 4) is 0 Å². The SMILES string of the molecule is NC1COCC(CO)C1. The van der Waals surface area contributed by atoms with Gasteiger partial charge in [0.1, 0.15) is 0 Å². The summed E-state index contributed by atoms with van der Waals surface area (Å²) in [5.74, 6) is 0.272. The standard InChI is InChI=1S/C6H13NO2/c7-6-1-5(2-8)3-9-4-6/h5-6,8H,1-4,7H2. The Bertz CT molecular complexity index is 87.1. The Morgan fingerprint density at radius 3 is 2.78 bits per heavy atom. The van der Waals surface area contributed by atoms with E-state index in [0.29, 0.717) is 13.2 Å². The fraction of sp³-hybridized carbons (Fsp3) is 1.00. The van der Waals surface area contributed by atoms with Gasteiger partial charge in [0.05, 0.1) is 13.2 Å². The summed E-state index contributed by atoms with van der Waals surface area (Å²) in [4.78, 5) is 0. The van der Waals surface area contributed by atoms with Crippen LogP contribution in [0.25, 0.3) is 0 Å². The molecule has 3 heteroatoms. The first-order chi connectivity index (χ1) is 4.33. The van der Waals surface area contributed by atoms with Crippen LogP contribution in [0.5, 0.6) is 0 Å². The molecule has 1 aliphatic rings. The highest BCUT2D eigenvalue weighted by molar-refractivity contribution is 4.71. The molecule has 0 aromatic rings. The van der Waals surface area contributed by atoms with Crippen LogP contribution in [-0.4, -0.2) is 31.0 Å². The van der Waals surface area contributed by atoms with E-state index in [9.17, 15) is 0 Å². The summed E-state index contributed by atoms with van der Waals surface area (Å²) in [5.41, 5.74) is 5.56. The lowest BCUT2D eigenvalue weighted by Gasteiger charge is -2.24. The zero-order valence-electron chi connectivity index (χ0n) is 5.42. The summed E-state index contributed by atoms with van der Waals surface area (Å²) in [6.45, 7) is 1.52. The molecule has 54 valence electrons. The minimum absolute atomic E-state index is 0.135. The van der Waals surface area contributed by atoms with Crippen LogP contribution < -0.4 is 5.73 Å². The number of ether oxygens (including phenoxy) is 1. The van der Waals surface area contributed by atoms with E-state index in [2.05, 4.69) is 0 Å². The largest absolute Gasteiger partial charge is 0.396 e. The Morgan fingerprint density at radius 2 is 2.33 bits per heavy atom. The number of nitrogens with two attached hydrogens (primary N) is 1. The minimum Gasteiger partial charge on any atom is -0.396 e. The van der Waals surface area contributed by atoms with E-state index in [-0.39, 0.29) is 18.6 Å². The predicted molar refractivity (Wildman–Crippen MR) is 34.0 cm³/mol. The molecule has 0 aromatic heterocycles. The molecule has 0 radical (unpaired) electrons. The van der Waals surface area contributed by atoms with E-state index in [0.717, 1.165) is 6.42 Å². The molecular formula is C6H13NO2. The van der Waals surface area contributed by atoms with Gasteiger partial charge in [0.25, 0.3) is 0 Å². The van der Waals surface area contributed by atoms with E-state index < -0.39 is 0 Å². The van der Waals surface area contributed by atoms with Gasteiger partial charge in [-0.1, -0.05) is 0 Å². The molecule has 0 aliphatic carbocycles. The monoisotopic (exact) mass is 131 g/mol. The second kappa shape index (κ2) is 3.15. The van der Waals surface area contributed by atoms with Gasteiger partial charge in [0.15, 0.2) is 0 Å². The predicted octanol–water partition coefficient (Wildman–Crippen LogP) is -0.658. The van der Waals surface area contributed by atoms with Gasteiger partial charge in [-0.15, -0.1) is 0 Å². The highest BCUT2D eigenvalue weighted by Crippen LogP contribution is 2.11. The van der Waals surface area contributed by atoms with Crippen molar-refractivity contribution < 1.29 is 9.84 Å². The van der Waals surface area contributed by atoms with Gasteiger partial charge in [-0.2, -0.15) is 0 Å². The van der Waals surface area contributed by atoms with E-state index in [4.69, 9.17) is 15.6 Å². The molecule has 9 heavy (non-hydrogen) atoms. The van der Waals surface area contributed by atoms with E-state index in [1.54, 1.807) is 0 Å². The molecule has 0 aromatic carbocycles. The van der Waals surface area contributed by atoms with Crippen LogP contribution in [0.2, 0.25) is 0 Å². The van der Waals surface area contributed by atoms with Crippen LogP contribution >= 0.6 is 0 Å². The second-order valence-corrected chi connectivity index (χ2v) is 2.58. The average Bonchev–Trinajstić information content (AvgIpc) is 1.88. The maximum absolute atomic E-state index is 8.67. The third kappa shape index (κ3) is 1.93. The molecule has 0 amide bonds. The molecule has 0 saturated carbocycles. The van der Waals surface area contributed by atoms with E-state index in [1.807, 2.05) is 0 Å². The van der Waals surface area contributed by atoms with Gasteiger partial charge in [0, 0.05) is 18.6 Å². The fourth-order valence-electron chi connectivity index (χ4n) is 1.08. The number of hydrogen-bond donors (Lipinski definition) is 2. The Labute approximate surface area is 54.8 Å². The first-order valence-corrected chi connectivity index (χ1v) is 3.27. The van der Waals surface area contributed by atoms with Crippen LogP contribution in [0.15, 0.2) is 0 Å². The zero-order valence-corrected chi connectivity index (χ0v) is 5.42. The summed E-state index contributed by atoms with van der Waals surface area (Å²) < 4.78 is 5.10. The Balaban J connectivity index is 2.23. The Kier molecular flexibility index (Phi) is 2.45. The summed E-state index contributed by atoms with van der Waals surface area (Å²) in [6.07, 6.45) is 0.899. The lowest BCUT2D eigenvalue weighted by molar-refractivity contribution is 0.0186. The van der Waals surface area contributed by atoms with Crippen molar-refractivity contribution in [1.29, 1.82) is 0 Å². The molecule has 1 aliphatic heterocycles. The number of aliphatic hydroxyl groups is 1. The summed E-state index contributed by atoms with van der Waals surface area (Å²) in [6, 6.07) is 0.135. The van der Waals surface area contributed by atoms with Crippen LogP contribution in [0, 0.1) is 5.92 Å². The van der Waals surface area contributed by atoms with Gasteiger partial charge < -0.3 is 15.6 Å². The fourth-order valence-corrected chi connectivity index (χ4v) is 1.08. The molecule has 1 saturated heterocycles. The molecule has 2 unspecified atom stereocenters. The van der Waals surface area contributed by atoms with Gasteiger partial charge in [-0.25, -0.2) is 0 Å². The van der Waals surface area contributed by atoms with E-state index >= 15 is 0 Å². The van der Waals surface area contributed by atoms with Crippen LogP contribution in [-0.2, 0) is 4.74 Å². The number of aliphatic hydroxyl groups excluding tert-OH is 1. The molecule has 0 bridgehead atoms. The minimum atomic E-state index is 0.135. The lowest BCUT2D eigenvalue weighted by Crippen LogP contribution is -2.37. The van der Waals surface area contributed by atoms with Crippen molar-refractivity contribution in [2.45, 2.75) is 12.5 Å². The van der Waals surface area contributed by atoms with Crippen LogP contribution in [0.3, 0.4) is 0 Å². The normalized spacial score (nSPS) is 36.7. The summed E-state index contributed by atoms with van der Waals surface area (Å²) in [5, 5.41) is 8.67. The highest BCUT2D eigenvalue weighted by Gasteiger charge is 2.18. The van der Waals surface area contributed by atoms with Gasteiger partial charge in [0.2, 0.25) is 0 Å². The van der Waals surface area contributed by atoms with Crippen molar-refractivity contribution in [3.05, 3.63) is 0 Å². The van der Waals surface area contributed by atoms with Gasteiger partial charge in [-0.3, -0.25) is 0 Å². The Hall–Kier alpha value is -0.120. The number of rotatable bonds is 1. The van der Waals surface area contributed by atoms with Crippen molar-refractivity contribution >= 4 is 0 Å². The topological polar surface area (TPSA) is 55.5 Å². The van der Waals surface area contributed by atoms with Crippen LogP contribution in [0.1, 0.15) is 6.42 Å². The average molecular weight is 131 g/mol. The van der Waals surface area contributed by atoms with E-state index in [1.165, 1.54) is 0 Å². The lowest BCUT2D eigenvalue weighted by atomic mass is 10.0.